The highest BCUT2D eigenvalue weighted by Gasteiger charge is 2.37. The number of aromatic nitrogens is 2. The molecule has 0 saturated heterocycles. The standard InChI is InChI=1S/C11H14N2/c1-2-3-4-5-9-6-10(9)11-7-12-8-13-11/h7-10H,2-3,6H2,1H3,(H,12,13)/t9-,10-/m0/s1. The lowest BCUT2D eigenvalue weighted by Crippen LogP contribution is -1.80. The maximum atomic E-state index is 4.01. The molecule has 68 valence electrons. The molecule has 1 heterocycles. The maximum absolute atomic E-state index is 4.01. The summed E-state index contributed by atoms with van der Waals surface area (Å²) in [5, 5.41) is 0. The van der Waals surface area contributed by atoms with Crippen LogP contribution in [0.15, 0.2) is 12.5 Å². The molecule has 2 nitrogen and oxygen atoms in total. The van der Waals surface area contributed by atoms with Crippen LogP contribution >= 0.6 is 0 Å². The Labute approximate surface area is 78.8 Å². The van der Waals surface area contributed by atoms with Gasteiger partial charge in [-0.15, -0.1) is 5.92 Å². The minimum atomic E-state index is 0.590. The third-order valence-corrected chi connectivity index (χ3v) is 2.37. The van der Waals surface area contributed by atoms with Crippen molar-refractivity contribution in [3.05, 3.63) is 18.2 Å². The lowest BCUT2D eigenvalue weighted by atomic mass is 10.2. The first-order valence-electron chi connectivity index (χ1n) is 4.88. The van der Waals surface area contributed by atoms with Crippen LogP contribution < -0.4 is 0 Å². The van der Waals surface area contributed by atoms with Crippen molar-refractivity contribution in [2.45, 2.75) is 32.1 Å². The molecule has 0 aliphatic heterocycles. The zero-order valence-corrected chi connectivity index (χ0v) is 7.88. The first kappa shape index (κ1) is 8.37. The van der Waals surface area contributed by atoms with Gasteiger partial charge in [0.1, 0.15) is 0 Å². The number of hydrogen-bond acceptors (Lipinski definition) is 1. The van der Waals surface area contributed by atoms with E-state index in [0.29, 0.717) is 11.8 Å². The van der Waals surface area contributed by atoms with Gasteiger partial charge in [-0.25, -0.2) is 4.98 Å². The van der Waals surface area contributed by atoms with E-state index in [1.54, 1.807) is 6.33 Å². The van der Waals surface area contributed by atoms with E-state index in [4.69, 9.17) is 0 Å². The number of nitrogens with one attached hydrogen (secondary N) is 1. The van der Waals surface area contributed by atoms with Crippen LogP contribution in [0, 0.1) is 17.8 Å². The fourth-order valence-electron chi connectivity index (χ4n) is 1.50. The Balaban J connectivity index is 1.87. The topological polar surface area (TPSA) is 28.7 Å². The summed E-state index contributed by atoms with van der Waals surface area (Å²) in [5.41, 5.74) is 1.25. The summed E-state index contributed by atoms with van der Waals surface area (Å²) in [6.45, 7) is 2.16. The van der Waals surface area contributed by atoms with E-state index in [1.165, 1.54) is 12.1 Å². The molecule has 1 saturated carbocycles. The summed E-state index contributed by atoms with van der Waals surface area (Å²) >= 11 is 0. The van der Waals surface area contributed by atoms with Crippen molar-refractivity contribution in [3.63, 3.8) is 0 Å². The SMILES string of the molecule is CCCC#C[C@H]1C[C@@H]1c1cnc[nH]1. The van der Waals surface area contributed by atoms with Gasteiger partial charge in [0, 0.05) is 30.1 Å². The van der Waals surface area contributed by atoms with Gasteiger partial charge in [-0.05, 0) is 12.8 Å². The molecule has 0 unspecified atom stereocenters. The van der Waals surface area contributed by atoms with Crippen molar-refractivity contribution in [1.29, 1.82) is 0 Å². The Morgan fingerprint density at radius 2 is 2.62 bits per heavy atom. The average Bonchev–Trinajstić information content (AvgIpc) is 2.72. The van der Waals surface area contributed by atoms with E-state index in [2.05, 4.69) is 28.7 Å². The number of aromatic amines is 1. The van der Waals surface area contributed by atoms with Crippen LogP contribution in [0.25, 0.3) is 0 Å². The van der Waals surface area contributed by atoms with Gasteiger partial charge in [-0.3, -0.25) is 0 Å². The van der Waals surface area contributed by atoms with Gasteiger partial charge in [-0.2, -0.15) is 0 Å². The third-order valence-electron chi connectivity index (χ3n) is 2.37. The van der Waals surface area contributed by atoms with Crippen LogP contribution in [-0.4, -0.2) is 9.97 Å². The summed E-state index contributed by atoms with van der Waals surface area (Å²) < 4.78 is 0. The maximum Gasteiger partial charge on any atom is 0.0921 e. The van der Waals surface area contributed by atoms with Crippen LogP contribution in [0.2, 0.25) is 0 Å². The minimum Gasteiger partial charge on any atom is -0.348 e. The molecule has 1 fully saturated rings. The highest BCUT2D eigenvalue weighted by molar-refractivity contribution is 5.24. The molecule has 1 N–H and O–H groups in total. The molecule has 2 atom stereocenters. The highest BCUT2D eigenvalue weighted by Crippen LogP contribution is 2.45. The van der Waals surface area contributed by atoms with E-state index in [0.717, 1.165) is 12.8 Å². The number of imidazole rings is 1. The Hall–Kier alpha value is -1.23. The summed E-state index contributed by atoms with van der Waals surface area (Å²) in [7, 11) is 0. The molecule has 0 bridgehead atoms. The minimum absolute atomic E-state index is 0.590. The molecule has 0 radical (unpaired) electrons. The lowest BCUT2D eigenvalue weighted by Gasteiger charge is -1.87. The molecule has 0 aromatic carbocycles. The van der Waals surface area contributed by atoms with Crippen LogP contribution in [-0.2, 0) is 0 Å². The molecule has 13 heavy (non-hydrogen) atoms. The first-order chi connectivity index (χ1) is 6.42. The molecule has 2 rings (SSSR count). The molecule has 2 heteroatoms. The van der Waals surface area contributed by atoms with Gasteiger partial charge >= 0.3 is 0 Å². The molecular weight excluding hydrogens is 160 g/mol. The Morgan fingerprint density at radius 3 is 3.31 bits per heavy atom. The third kappa shape index (κ3) is 1.92. The number of H-pyrrole nitrogens is 1. The fraction of sp³-hybridized carbons (Fsp3) is 0.545. The summed E-state index contributed by atoms with van der Waals surface area (Å²) in [6, 6.07) is 0. The van der Waals surface area contributed by atoms with E-state index in [9.17, 15) is 0 Å². The molecular formula is C11H14N2. The summed E-state index contributed by atoms with van der Waals surface area (Å²) in [6.07, 6.45) is 7.05. The van der Waals surface area contributed by atoms with Crippen molar-refractivity contribution in [2.24, 2.45) is 5.92 Å². The molecule has 1 aliphatic rings. The second-order valence-corrected chi connectivity index (χ2v) is 3.53. The normalized spacial score (nSPS) is 25.0. The van der Waals surface area contributed by atoms with Crippen LogP contribution in [0.3, 0.4) is 0 Å². The van der Waals surface area contributed by atoms with Crippen LogP contribution in [0.4, 0.5) is 0 Å². The zero-order chi connectivity index (χ0) is 9.10. The van der Waals surface area contributed by atoms with Gasteiger partial charge in [0.25, 0.3) is 0 Å². The Morgan fingerprint density at radius 1 is 1.69 bits per heavy atom. The van der Waals surface area contributed by atoms with Gasteiger partial charge in [-0.1, -0.05) is 12.8 Å². The van der Waals surface area contributed by atoms with Gasteiger partial charge in [0.05, 0.1) is 6.33 Å². The predicted molar refractivity (Wildman–Crippen MR) is 52.1 cm³/mol. The number of nitrogens with zero attached hydrogens (tertiary/aromatic N) is 1. The van der Waals surface area contributed by atoms with Crippen LogP contribution in [0.5, 0.6) is 0 Å². The van der Waals surface area contributed by atoms with Crippen molar-refractivity contribution in [1.82, 2.24) is 9.97 Å². The molecule has 0 spiro atoms. The highest BCUT2D eigenvalue weighted by atomic mass is 14.9. The molecule has 1 aromatic rings. The van der Waals surface area contributed by atoms with Crippen molar-refractivity contribution in [3.8, 4) is 11.8 Å². The first-order valence-corrected chi connectivity index (χ1v) is 4.88. The number of hydrogen-bond donors (Lipinski definition) is 1. The largest absolute Gasteiger partial charge is 0.348 e. The van der Waals surface area contributed by atoms with Gasteiger partial charge in [0.2, 0.25) is 0 Å². The van der Waals surface area contributed by atoms with E-state index in [-0.39, 0.29) is 0 Å². The van der Waals surface area contributed by atoms with Crippen LogP contribution in [0.1, 0.15) is 37.8 Å². The second kappa shape index (κ2) is 3.66. The smallest absolute Gasteiger partial charge is 0.0921 e. The number of rotatable bonds is 2. The summed E-state index contributed by atoms with van der Waals surface area (Å²) in [4.78, 5) is 7.15. The molecule has 1 aromatic heterocycles. The van der Waals surface area contributed by atoms with Gasteiger partial charge < -0.3 is 4.98 Å². The van der Waals surface area contributed by atoms with Crippen molar-refractivity contribution in [2.75, 3.05) is 0 Å². The zero-order valence-electron chi connectivity index (χ0n) is 7.88. The summed E-state index contributed by atoms with van der Waals surface area (Å²) in [5.74, 6) is 7.72. The Kier molecular flexibility index (Phi) is 2.35. The average molecular weight is 174 g/mol. The second-order valence-electron chi connectivity index (χ2n) is 3.53. The molecule has 1 aliphatic carbocycles. The monoisotopic (exact) mass is 174 g/mol. The molecule has 0 amide bonds. The van der Waals surface area contributed by atoms with E-state index >= 15 is 0 Å². The van der Waals surface area contributed by atoms with Gasteiger partial charge in [0.15, 0.2) is 0 Å². The van der Waals surface area contributed by atoms with Crippen molar-refractivity contribution >= 4 is 0 Å². The number of unbranched alkanes of at least 4 members (excludes halogenated alkanes) is 1. The lowest BCUT2D eigenvalue weighted by molar-refractivity contribution is 0.966. The fourth-order valence-corrected chi connectivity index (χ4v) is 1.50. The van der Waals surface area contributed by atoms with Crippen molar-refractivity contribution < 1.29 is 0 Å². The van der Waals surface area contributed by atoms with E-state index in [1.807, 2.05) is 6.20 Å². The quantitative estimate of drug-likeness (QED) is 0.685. The predicted octanol–water partition coefficient (Wildman–Crippen LogP) is 2.32. The Bertz CT molecular complexity index is 316. The van der Waals surface area contributed by atoms with E-state index < -0.39 is 0 Å².